The minimum atomic E-state index is 0.475. The van der Waals surface area contributed by atoms with Crippen LogP contribution < -0.4 is 5.32 Å². The summed E-state index contributed by atoms with van der Waals surface area (Å²) in [6, 6.07) is 4.89. The largest absolute Gasteiger partial charge is 0.319 e. The summed E-state index contributed by atoms with van der Waals surface area (Å²) >= 11 is 0. The molecule has 0 fully saturated rings. The van der Waals surface area contributed by atoms with Crippen molar-refractivity contribution in [1.82, 2.24) is 5.32 Å². The molecule has 1 rings (SSSR count). The fourth-order valence-corrected chi connectivity index (χ4v) is 1.24. The van der Waals surface area contributed by atoms with E-state index < -0.39 is 0 Å². The van der Waals surface area contributed by atoms with Crippen LogP contribution in [0, 0.1) is 11.8 Å². The topological polar surface area (TPSA) is 46.2 Å². The third-order valence-corrected chi connectivity index (χ3v) is 1.98. The molecule has 0 spiro atoms. The van der Waals surface area contributed by atoms with Crippen LogP contribution in [0.4, 0.5) is 0 Å². The van der Waals surface area contributed by atoms with Gasteiger partial charge in [0, 0.05) is 29.7 Å². The summed E-state index contributed by atoms with van der Waals surface area (Å²) in [7, 11) is 1.86. The molecule has 1 aromatic rings. The smallest absolute Gasteiger partial charge is 0.150 e. The Bertz CT molecular complexity index is 415. The molecule has 0 aliphatic heterocycles. The van der Waals surface area contributed by atoms with Crippen molar-refractivity contribution >= 4 is 12.6 Å². The van der Waals surface area contributed by atoms with E-state index in [0.29, 0.717) is 29.3 Å². The highest BCUT2D eigenvalue weighted by Crippen LogP contribution is 2.06. The molecule has 16 heavy (non-hydrogen) atoms. The molecule has 3 nitrogen and oxygen atoms in total. The summed E-state index contributed by atoms with van der Waals surface area (Å²) in [6.45, 7) is 0.820. The average Bonchev–Trinajstić information content (AvgIpc) is 2.34. The summed E-state index contributed by atoms with van der Waals surface area (Å²) in [5, 5.41) is 2.98. The maximum atomic E-state index is 10.6. The number of aldehydes is 2. The summed E-state index contributed by atoms with van der Waals surface area (Å²) in [4.78, 5) is 21.3. The summed E-state index contributed by atoms with van der Waals surface area (Å²) < 4.78 is 0. The first-order valence-corrected chi connectivity index (χ1v) is 4.99. The molecule has 0 heterocycles. The van der Waals surface area contributed by atoms with E-state index in [4.69, 9.17) is 0 Å². The van der Waals surface area contributed by atoms with Gasteiger partial charge < -0.3 is 5.32 Å². The molecule has 0 radical (unpaired) electrons. The fraction of sp³-hybridized carbons (Fsp3) is 0.231. The number of hydrogen-bond acceptors (Lipinski definition) is 3. The summed E-state index contributed by atoms with van der Waals surface area (Å²) in [5.41, 5.74) is 1.65. The fourth-order valence-electron chi connectivity index (χ4n) is 1.24. The first kappa shape index (κ1) is 12.2. The normalized spacial score (nSPS) is 9.06. The van der Waals surface area contributed by atoms with Crippen molar-refractivity contribution in [3.63, 3.8) is 0 Å². The van der Waals surface area contributed by atoms with E-state index in [1.54, 1.807) is 18.2 Å². The van der Waals surface area contributed by atoms with E-state index in [1.807, 2.05) is 7.05 Å². The van der Waals surface area contributed by atoms with Gasteiger partial charge in [0.25, 0.3) is 0 Å². The zero-order chi connectivity index (χ0) is 11.8. The van der Waals surface area contributed by atoms with Gasteiger partial charge in [0.1, 0.15) is 12.6 Å². The van der Waals surface area contributed by atoms with Gasteiger partial charge in [0.05, 0.1) is 0 Å². The molecular weight excluding hydrogens is 202 g/mol. The van der Waals surface area contributed by atoms with Gasteiger partial charge in [-0.05, 0) is 25.2 Å². The Labute approximate surface area is 94.9 Å². The molecule has 1 aromatic carbocycles. The van der Waals surface area contributed by atoms with Crippen molar-refractivity contribution in [1.29, 1.82) is 0 Å². The van der Waals surface area contributed by atoms with Crippen LogP contribution in [0.3, 0.4) is 0 Å². The molecular formula is C13H13NO2. The van der Waals surface area contributed by atoms with E-state index >= 15 is 0 Å². The maximum Gasteiger partial charge on any atom is 0.150 e. The van der Waals surface area contributed by atoms with Crippen LogP contribution in [-0.4, -0.2) is 26.2 Å². The lowest BCUT2D eigenvalue weighted by Crippen LogP contribution is -2.05. The summed E-state index contributed by atoms with van der Waals surface area (Å²) in [6.07, 6.45) is 2.16. The van der Waals surface area contributed by atoms with Crippen LogP contribution in [0.1, 0.15) is 32.7 Å². The van der Waals surface area contributed by atoms with Crippen molar-refractivity contribution in [3.8, 4) is 11.8 Å². The molecule has 0 aliphatic carbocycles. The predicted octanol–water partition coefficient (Wildman–Crippen LogP) is 1.27. The van der Waals surface area contributed by atoms with E-state index in [-0.39, 0.29) is 0 Å². The number of nitrogens with one attached hydrogen (secondary N) is 1. The zero-order valence-corrected chi connectivity index (χ0v) is 9.12. The second-order valence-electron chi connectivity index (χ2n) is 3.28. The standard InChI is InChI=1S/C13H13NO2/c1-14-5-3-2-4-11-6-12(9-15)8-13(7-11)10-16/h6-10,14H,3,5H2,1H3. The third-order valence-electron chi connectivity index (χ3n) is 1.98. The van der Waals surface area contributed by atoms with Crippen molar-refractivity contribution < 1.29 is 9.59 Å². The van der Waals surface area contributed by atoms with Crippen LogP contribution in [-0.2, 0) is 0 Å². The van der Waals surface area contributed by atoms with E-state index in [1.165, 1.54) is 0 Å². The Hall–Kier alpha value is -1.92. The zero-order valence-electron chi connectivity index (χ0n) is 9.12. The van der Waals surface area contributed by atoms with Crippen molar-refractivity contribution in [2.24, 2.45) is 0 Å². The van der Waals surface area contributed by atoms with Crippen LogP contribution in [0.2, 0.25) is 0 Å². The lowest BCUT2D eigenvalue weighted by molar-refractivity contribution is 0.112. The SMILES string of the molecule is CNCCC#Cc1cc(C=O)cc(C=O)c1. The first-order valence-electron chi connectivity index (χ1n) is 4.99. The van der Waals surface area contributed by atoms with Crippen LogP contribution >= 0.6 is 0 Å². The minimum absolute atomic E-state index is 0.475. The highest BCUT2D eigenvalue weighted by Gasteiger charge is 1.97. The van der Waals surface area contributed by atoms with Gasteiger partial charge in [-0.25, -0.2) is 0 Å². The van der Waals surface area contributed by atoms with Crippen molar-refractivity contribution in [2.75, 3.05) is 13.6 Å². The number of carbonyl (C=O) groups is 2. The molecule has 3 heteroatoms. The van der Waals surface area contributed by atoms with Crippen molar-refractivity contribution in [2.45, 2.75) is 6.42 Å². The van der Waals surface area contributed by atoms with Crippen LogP contribution in [0.25, 0.3) is 0 Å². The van der Waals surface area contributed by atoms with Crippen LogP contribution in [0.15, 0.2) is 18.2 Å². The Balaban J connectivity index is 2.89. The molecule has 0 aliphatic rings. The van der Waals surface area contributed by atoms with Gasteiger partial charge in [-0.1, -0.05) is 11.8 Å². The van der Waals surface area contributed by atoms with Gasteiger partial charge in [0.2, 0.25) is 0 Å². The number of hydrogen-bond donors (Lipinski definition) is 1. The minimum Gasteiger partial charge on any atom is -0.319 e. The average molecular weight is 215 g/mol. The third kappa shape index (κ3) is 3.68. The molecule has 0 atom stereocenters. The van der Waals surface area contributed by atoms with Gasteiger partial charge in [0.15, 0.2) is 0 Å². The maximum absolute atomic E-state index is 10.6. The number of benzene rings is 1. The Morgan fingerprint density at radius 3 is 2.31 bits per heavy atom. The first-order chi connectivity index (χ1) is 7.80. The summed E-state index contributed by atoms with van der Waals surface area (Å²) in [5.74, 6) is 5.88. The van der Waals surface area contributed by atoms with Crippen molar-refractivity contribution in [3.05, 3.63) is 34.9 Å². The van der Waals surface area contributed by atoms with E-state index in [0.717, 1.165) is 13.0 Å². The highest BCUT2D eigenvalue weighted by atomic mass is 16.1. The quantitative estimate of drug-likeness (QED) is 0.467. The molecule has 82 valence electrons. The highest BCUT2D eigenvalue weighted by molar-refractivity contribution is 5.83. The van der Waals surface area contributed by atoms with Gasteiger partial charge in [-0.3, -0.25) is 9.59 Å². The molecule has 0 saturated heterocycles. The van der Waals surface area contributed by atoms with Crippen LogP contribution in [0.5, 0.6) is 0 Å². The molecule has 0 unspecified atom stereocenters. The van der Waals surface area contributed by atoms with Gasteiger partial charge >= 0.3 is 0 Å². The molecule has 1 N–H and O–H groups in total. The Kier molecular flexibility index (Phi) is 4.97. The molecule has 0 saturated carbocycles. The monoisotopic (exact) mass is 215 g/mol. The van der Waals surface area contributed by atoms with E-state index in [9.17, 15) is 9.59 Å². The lowest BCUT2D eigenvalue weighted by Gasteiger charge is -1.96. The Morgan fingerprint density at radius 1 is 1.19 bits per heavy atom. The second kappa shape index (κ2) is 6.54. The molecule has 0 amide bonds. The van der Waals surface area contributed by atoms with E-state index in [2.05, 4.69) is 17.2 Å². The van der Waals surface area contributed by atoms with Gasteiger partial charge in [-0.15, -0.1) is 0 Å². The lowest BCUT2D eigenvalue weighted by atomic mass is 10.1. The number of carbonyl (C=O) groups excluding carboxylic acids is 2. The Morgan fingerprint density at radius 2 is 1.81 bits per heavy atom. The van der Waals surface area contributed by atoms with Gasteiger partial charge in [-0.2, -0.15) is 0 Å². The number of rotatable bonds is 4. The molecule has 0 aromatic heterocycles. The second-order valence-corrected chi connectivity index (χ2v) is 3.28. The molecule has 0 bridgehead atoms. The predicted molar refractivity (Wildman–Crippen MR) is 62.6 cm³/mol.